The van der Waals surface area contributed by atoms with Gasteiger partial charge < -0.3 is 0 Å². The van der Waals surface area contributed by atoms with Gasteiger partial charge >= 0.3 is 0 Å². The van der Waals surface area contributed by atoms with Crippen molar-refractivity contribution < 1.29 is 9.18 Å². The number of nitrogens with zero attached hydrogens (tertiary/aromatic N) is 5. The lowest BCUT2D eigenvalue weighted by molar-refractivity contribution is 0.101. The van der Waals surface area contributed by atoms with Gasteiger partial charge in [-0.2, -0.15) is 5.10 Å². The fourth-order valence-corrected chi connectivity index (χ4v) is 3.31. The van der Waals surface area contributed by atoms with Crippen molar-refractivity contribution >= 4 is 34.2 Å². The van der Waals surface area contributed by atoms with Crippen molar-refractivity contribution in [3.05, 3.63) is 93.7 Å². The fourth-order valence-electron chi connectivity index (χ4n) is 3.19. The van der Waals surface area contributed by atoms with Crippen molar-refractivity contribution in [3.8, 4) is 11.1 Å². The van der Waals surface area contributed by atoms with Crippen LogP contribution in [-0.4, -0.2) is 30.4 Å². The van der Waals surface area contributed by atoms with Crippen molar-refractivity contribution in [1.82, 2.24) is 24.5 Å². The van der Waals surface area contributed by atoms with E-state index in [9.17, 15) is 14.0 Å². The molecule has 2 aromatic carbocycles. The minimum atomic E-state index is -0.578. The SMILES string of the molecule is O=C(Nn1ccc2c(nnc3c(-c4ccc(Cl)cc4)cnn32)c1=O)c1ccc(F)cc1. The molecule has 1 amide bonds. The molecule has 0 atom stereocenters. The molecule has 0 fully saturated rings. The zero-order valence-corrected chi connectivity index (χ0v) is 16.4. The highest BCUT2D eigenvalue weighted by Crippen LogP contribution is 2.25. The van der Waals surface area contributed by atoms with Crippen molar-refractivity contribution in [1.29, 1.82) is 0 Å². The molecule has 0 bridgehead atoms. The fraction of sp³-hybridized carbons (Fsp3) is 0. The van der Waals surface area contributed by atoms with E-state index in [1.165, 1.54) is 22.8 Å². The number of fused-ring (bicyclic) bond motifs is 3. The number of hydrogen-bond donors (Lipinski definition) is 1. The number of carbonyl (C=O) groups excluding carboxylic acids is 1. The van der Waals surface area contributed by atoms with Crippen LogP contribution >= 0.6 is 11.6 Å². The van der Waals surface area contributed by atoms with E-state index in [-0.39, 0.29) is 11.1 Å². The lowest BCUT2D eigenvalue weighted by Crippen LogP contribution is -2.33. The predicted octanol–water partition coefficient (Wildman–Crippen LogP) is 3.28. The van der Waals surface area contributed by atoms with Gasteiger partial charge in [0.25, 0.3) is 11.5 Å². The molecule has 0 aliphatic rings. The molecule has 3 aromatic heterocycles. The first kappa shape index (κ1) is 18.9. The molecule has 0 aliphatic heterocycles. The van der Waals surface area contributed by atoms with E-state index in [0.717, 1.165) is 27.9 Å². The molecule has 5 rings (SSSR count). The van der Waals surface area contributed by atoms with Crippen LogP contribution in [0.1, 0.15) is 10.4 Å². The molecular formula is C21H12ClFN6O2. The predicted molar refractivity (Wildman–Crippen MR) is 113 cm³/mol. The Morgan fingerprint density at radius 1 is 1.00 bits per heavy atom. The van der Waals surface area contributed by atoms with Gasteiger partial charge in [0.2, 0.25) is 0 Å². The molecule has 0 saturated carbocycles. The number of aromatic nitrogens is 5. The Balaban J connectivity index is 1.55. The van der Waals surface area contributed by atoms with E-state index >= 15 is 0 Å². The van der Waals surface area contributed by atoms with Crippen LogP contribution < -0.4 is 11.0 Å². The standard InChI is InChI=1S/C21H12ClFN6O2/c22-14-5-1-12(2-6-14)16-11-24-29-17-9-10-28(21(31)18(17)25-26-19(16)29)27-20(30)13-3-7-15(23)8-4-13/h1-11H,(H,27,30). The van der Waals surface area contributed by atoms with E-state index < -0.39 is 17.3 Å². The van der Waals surface area contributed by atoms with Crippen LogP contribution in [0.3, 0.4) is 0 Å². The quantitative estimate of drug-likeness (QED) is 0.470. The summed E-state index contributed by atoms with van der Waals surface area (Å²) in [6.07, 6.45) is 3.03. The molecule has 5 aromatic rings. The summed E-state index contributed by atoms with van der Waals surface area (Å²) in [4.78, 5) is 25.2. The number of rotatable bonds is 3. The van der Waals surface area contributed by atoms with Crippen molar-refractivity contribution in [2.45, 2.75) is 0 Å². The second-order valence-corrected chi connectivity index (χ2v) is 7.11. The highest BCUT2D eigenvalue weighted by atomic mass is 35.5. The summed E-state index contributed by atoms with van der Waals surface area (Å²) in [7, 11) is 0. The lowest BCUT2D eigenvalue weighted by atomic mass is 10.1. The van der Waals surface area contributed by atoms with E-state index in [4.69, 9.17) is 11.6 Å². The van der Waals surface area contributed by atoms with Gasteiger partial charge in [-0.3, -0.25) is 15.0 Å². The number of hydrogen-bond acceptors (Lipinski definition) is 5. The molecule has 1 N–H and O–H groups in total. The molecule has 0 radical (unpaired) electrons. The summed E-state index contributed by atoms with van der Waals surface area (Å²) in [5.74, 6) is -1.03. The molecule has 0 unspecified atom stereocenters. The van der Waals surface area contributed by atoms with Gasteiger partial charge in [-0.25, -0.2) is 13.6 Å². The second kappa shape index (κ2) is 7.29. The number of halogens is 2. The normalized spacial score (nSPS) is 11.2. The molecule has 31 heavy (non-hydrogen) atoms. The Morgan fingerprint density at radius 2 is 1.74 bits per heavy atom. The van der Waals surface area contributed by atoms with Gasteiger partial charge in [0, 0.05) is 22.3 Å². The van der Waals surface area contributed by atoms with Gasteiger partial charge in [0.05, 0.1) is 6.20 Å². The Kier molecular flexibility index (Phi) is 4.45. The lowest BCUT2D eigenvalue weighted by Gasteiger charge is -2.09. The minimum absolute atomic E-state index is 0.0279. The molecule has 10 heteroatoms. The van der Waals surface area contributed by atoms with Crippen molar-refractivity contribution in [3.63, 3.8) is 0 Å². The average molecular weight is 435 g/mol. The maximum atomic E-state index is 13.1. The first-order chi connectivity index (χ1) is 15.0. The molecule has 3 heterocycles. The number of amides is 1. The average Bonchev–Trinajstić information content (AvgIpc) is 3.21. The largest absolute Gasteiger partial charge is 0.299 e. The maximum absolute atomic E-state index is 13.1. The molecule has 0 aliphatic carbocycles. The van der Waals surface area contributed by atoms with Crippen LogP contribution in [-0.2, 0) is 0 Å². The minimum Gasteiger partial charge on any atom is -0.267 e. The monoisotopic (exact) mass is 434 g/mol. The Morgan fingerprint density at radius 3 is 2.48 bits per heavy atom. The van der Waals surface area contributed by atoms with Crippen molar-refractivity contribution in [2.75, 3.05) is 5.43 Å². The number of nitrogens with one attached hydrogen (secondary N) is 1. The van der Waals surface area contributed by atoms with E-state index in [1.54, 1.807) is 24.4 Å². The molecule has 152 valence electrons. The Bertz CT molecular complexity index is 1510. The third-order valence-electron chi connectivity index (χ3n) is 4.75. The summed E-state index contributed by atoms with van der Waals surface area (Å²) in [5.41, 5.74) is 4.61. The first-order valence-corrected chi connectivity index (χ1v) is 9.48. The van der Waals surface area contributed by atoms with Crippen LogP contribution in [0, 0.1) is 5.82 Å². The molecular weight excluding hydrogens is 423 g/mol. The molecule has 8 nitrogen and oxygen atoms in total. The zero-order chi connectivity index (χ0) is 21.5. The molecule has 0 saturated heterocycles. The summed E-state index contributed by atoms with van der Waals surface area (Å²) >= 11 is 5.95. The topological polar surface area (TPSA) is 94.2 Å². The van der Waals surface area contributed by atoms with Crippen LogP contribution in [0.25, 0.3) is 27.8 Å². The zero-order valence-electron chi connectivity index (χ0n) is 15.7. The molecule has 0 spiro atoms. The third kappa shape index (κ3) is 3.30. The summed E-state index contributed by atoms with van der Waals surface area (Å²) < 4.78 is 15.6. The summed E-state index contributed by atoms with van der Waals surface area (Å²) in [6, 6.07) is 13.8. The van der Waals surface area contributed by atoms with Crippen LogP contribution in [0.2, 0.25) is 5.02 Å². The van der Waals surface area contributed by atoms with Gasteiger partial charge in [-0.1, -0.05) is 23.7 Å². The van der Waals surface area contributed by atoms with E-state index in [2.05, 4.69) is 20.7 Å². The first-order valence-electron chi connectivity index (χ1n) is 9.10. The number of benzene rings is 2. The van der Waals surface area contributed by atoms with Gasteiger partial charge in [0.1, 0.15) is 11.3 Å². The van der Waals surface area contributed by atoms with E-state index in [1.807, 2.05) is 12.1 Å². The van der Waals surface area contributed by atoms with Crippen LogP contribution in [0.5, 0.6) is 0 Å². The highest BCUT2D eigenvalue weighted by molar-refractivity contribution is 6.30. The van der Waals surface area contributed by atoms with Gasteiger partial charge in [-0.15, -0.1) is 10.2 Å². The third-order valence-corrected chi connectivity index (χ3v) is 5.00. The van der Waals surface area contributed by atoms with Crippen LogP contribution in [0.15, 0.2) is 71.8 Å². The number of carbonyl (C=O) groups is 1. The summed E-state index contributed by atoms with van der Waals surface area (Å²) in [5, 5.41) is 13.2. The van der Waals surface area contributed by atoms with Gasteiger partial charge in [0.15, 0.2) is 11.2 Å². The number of pyridine rings is 1. The van der Waals surface area contributed by atoms with Gasteiger partial charge in [-0.05, 0) is 48.0 Å². The maximum Gasteiger partial charge on any atom is 0.299 e. The smallest absolute Gasteiger partial charge is 0.267 e. The summed E-state index contributed by atoms with van der Waals surface area (Å²) in [6.45, 7) is 0. The van der Waals surface area contributed by atoms with E-state index in [0.29, 0.717) is 16.2 Å². The highest BCUT2D eigenvalue weighted by Gasteiger charge is 2.15. The Labute approximate surface area is 178 Å². The Hall–Kier alpha value is -4.11. The second-order valence-electron chi connectivity index (χ2n) is 6.67. The van der Waals surface area contributed by atoms with Crippen molar-refractivity contribution in [2.24, 2.45) is 0 Å². The van der Waals surface area contributed by atoms with Crippen LogP contribution in [0.4, 0.5) is 4.39 Å².